The first-order chi connectivity index (χ1) is 11.1. The van der Waals surface area contributed by atoms with Crippen molar-refractivity contribution in [2.45, 2.75) is 0 Å². The molecule has 0 aromatic heterocycles. The molecule has 0 spiro atoms. The number of rotatable bonds is 2. The van der Waals surface area contributed by atoms with Crippen LogP contribution in [0.15, 0.2) is 66.7 Å². The van der Waals surface area contributed by atoms with Gasteiger partial charge in [-0.05, 0) is 35.0 Å². The molecule has 5 heteroatoms. The molecule has 0 saturated heterocycles. The minimum Gasteiger partial charge on any atom is -0.508 e. The van der Waals surface area contributed by atoms with Crippen molar-refractivity contribution in [2.75, 3.05) is 10.6 Å². The van der Waals surface area contributed by atoms with Crippen LogP contribution in [-0.2, 0) is 9.59 Å². The molecular weight excluding hydrogens is 292 g/mol. The highest BCUT2D eigenvalue weighted by atomic mass is 16.3. The molecule has 0 aliphatic heterocycles. The molecule has 0 bridgehead atoms. The van der Waals surface area contributed by atoms with E-state index in [4.69, 9.17) is 0 Å². The van der Waals surface area contributed by atoms with Gasteiger partial charge >= 0.3 is 11.8 Å². The van der Waals surface area contributed by atoms with Crippen LogP contribution in [0.3, 0.4) is 0 Å². The third-order valence-corrected chi connectivity index (χ3v) is 3.32. The van der Waals surface area contributed by atoms with Gasteiger partial charge < -0.3 is 15.7 Å². The number of hydrogen-bond acceptors (Lipinski definition) is 3. The Morgan fingerprint density at radius 2 is 1.35 bits per heavy atom. The van der Waals surface area contributed by atoms with Gasteiger partial charge in [0, 0.05) is 17.4 Å². The smallest absolute Gasteiger partial charge is 0.314 e. The summed E-state index contributed by atoms with van der Waals surface area (Å²) < 4.78 is 0. The Kier molecular flexibility index (Phi) is 3.93. The van der Waals surface area contributed by atoms with E-state index in [0.717, 1.165) is 10.8 Å². The largest absolute Gasteiger partial charge is 0.508 e. The topological polar surface area (TPSA) is 78.4 Å². The van der Waals surface area contributed by atoms with Crippen LogP contribution >= 0.6 is 0 Å². The third kappa shape index (κ3) is 3.47. The Morgan fingerprint density at radius 3 is 2.04 bits per heavy atom. The first kappa shape index (κ1) is 14.6. The molecule has 0 saturated carbocycles. The van der Waals surface area contributed by atoms with Gasteiger partial charge in [0.2, 0.25) is 0 Å². The van der Waals surface area contributed by atoms with Crippen molar-refractivity contribution in [3.8, 4) is 5.75 Å². The fourth-order valence-corrected chi connectivity index (χ4v) is 2.23. The second kappa shape index (κ2) is 6.19. The summed E-state index contributed by atoms with van der Waals surface area (Å²) in [6.45, 7) is 0. The number of phenols is 1. The molecule has 0 heterocycles. The zero-order chi connectivity index (χ0) is 16.2. The summed E-state index contributed by atoms with van der Waals surface area (Å²) in [5.74, 6) is -1.56. The lowest BCUT2D eigenvalue weighted by molar-refractivity contribution is -0.132. The molecule has 2 amide bonds. The molecule has 3 N–H and O–H groups in total. The summed E-state index contributed by atoms with van der Waals surface area (Å²) in [7, 11) is 0. The monoisotopic (exact) mass is 306 g/mol. The van der Waals surface area contributed by atoms with Crippen molar-refractivity contribution in [3.63, 3.8) is 0 Å². The molecule has 23 heavy (non-hydrogen) atoms. The number of carbonyl (C=O) groups excluding carboxylic acids is 2. The molecule has 0 unspecified atom stereocenters. The Hall–Kier alpha value is -3.34. The Bertz CT molecular complexity index is 890. The number of benzene rings is 3. The second-order valence-electron chi connectivity index (χ2n) is 5.02. The van der Waals surface area contributed by atoms with Crippen LogP contribution in [0.5, 0.6) is 5.75 Å². The van der Waals surface area contributed by atoms with Crippen molar-refractivity contribution in [1.82, 2.24) is 0 Å². The number of anilines is 2. The molecule has 3 rings (SSSR count). The van der Waals surface area contributed by atoms with Gasteiger partial charge in [-0.15, -0.1) is 0 Å². The normalized spacial score (nSPS) is 10.3. The predicted octanol–water partition coefficient (Wildman–Crippen LogP) is 3.12. The maximum Gasteiger partial charge on any atom is 0.314 e. The molecule has 3 aromatic carbocycles. The Labute approximate surface area is 132 Å². The number of carbonyl (C=O) groups is 2. The van der Waals surface area contributed by atoms with Gasteiger partial charge in [0.1, 0.15) is 5.75 Å². The number of nitrogens with one attached hydrogen (secondary N) is 2. The zero-order valence-corrected chi connectivity index (χ0v) is 12.1. The van der Waals surface area contributed by atoms with Gasteiger partial charge in [0.25, 0.3) is 0 Å². The lowest BCUT2D eigenvalue weighted by atomic mass is 10.1. The van der Waals surface area contributed by atoms with Crippen molar-refractivity contribution in [1.29, 1.82) is 0 Å². The van der Waals surface area contributed by atoms with Gasteiger partial charge in [0.15, 0.2) is 0 Å². The first-order valence-electron chi connectivity index (χ1n) is 7.02. The van der Waals surface area contributed by atoms with Crippen LogP contribution in [0.1, 0.15) is 0 Å². The molecule has 0 atom stereocenters. The highest BCUT2D eigenvalue weighted by Gasteiger charge is 2.14. The zero-order valence-electron chi connectivity index (χ0n) is 12.1. The number of fused-ring (bicyclic) bond motifs is 1. The van der Waals surface area contributed by atoms with Crippen molar-refractivity contribution in [3.05, 3.63) is 66.7 Å². The highest BCUT2D eigenvalue weighted by molar-refractivity contribution is 6.43. The minimum absolute atomic E-state index is 0.0118. The SMILES string of the molecule is O=C(Nc1cccc(O)c1)C(=O)Nc1ccc2ccccc2c1. The lowest BCUT2D eigenvalue weighted by Crippen LogP contribution is -2.29. The summed E-state index contributed by atoms with van der Waals surface area (Å²) in [5, 5.41) is 16.4. The number of amides is 2. The van der Waals surface area contributed by atoms with Crippen LogP contribution in [0.4, 0.5) is 11.4 Å². The molecule has 114 valence electrons. The average Bonchev–Trinajstić information content (AvgIpc) is 2.54. The van der Waals surface area contributed by atoms with Gasteiger partial charge in [0.05, 0.1) is 0 Å². The van der Waals surface area contributed by atoms with Crippen molar-refractivity contribution in [2.24, 2.45) is 0 Å². The van der Waals surface area contributed by atoms with Gasteiger partial charge in [-0.3, -0.25) is 9.59 Å². The van der Waals surface area contributed by atoms with E-state index in [1.54, 1.807) is 24.3 Å². The van der Waals surface area contributed by atoms with Gasteiger partial charge in [-0.1, -0.05) is 36.4 Å². The molecule has 0 aliphatic carbocycles. The van der Waals surface area contributed by atoms with Crippen LogP contribution in [0, 0.1) is 0 Å². The summed E-state index contributed by atoms with van der Waals surface area (Å²) in [6, 6.07) is 19.1. The van der Waals surface area contributed by atoms with Crippen LogP contribution in [-0.4, -0.2) is 16.9 Å². The quantitative estimate of drug-likeness (QED) is 0.636. The third-order valence-electron chi connectivity index (χ3n) is 3.32. The van der Waals surface area contributed by atoms with E-state index in [9.17, 15) is 14.7 Å². The van der Waals surface area contributed by atoms with Crippen molar-refractivity contribution < 1.29 is 14.7 Å². The molecular formula is C18H14N2O3. The van der Waals surface area contributed by atoms with E-state index in [1.165, 1.54) is 12.1 Å². The number of phenolic OH excluding ortho intramolecular Hbond substituents is 1. The Balaban J connectivity index is 1.71. The lowest BCUT2D eigenvalue weighted by Gasteiger charge is -2.07. The first-order valence-corrected chi connectivity index (χ1v) is 7.02. The maximum absolute atomic E-state index is 12.0. The summed E-state index contributed by atoms with van der Waals surface area (Å²) in [4.78, 5) is 23.8. The number of hydrogen-bond donors (Lipinski definition) is 3. The second-order valence-corrected chi connectivity index (χ2v) is 5.02. The summed E-state index contributed by atoms with van der Waals surface area (Å²) >= 11 is 0. The van der Waals surface area contributed by atoms with Gasteiger partial charge in [-0.25, -0.2) is 0 Å². The molecule has 0 fully saturated rings. The fourth-order valence-electron chi connectivity index (χ4n) is 2.23. The van der Waals surface area contributed by atoms with E-state index in [2.05, 4.69) is 10.6 Å². The highest BCUT2D eigenvalue weighted by Crippen LogP contribution is 2.19. The number of aromatic hydroxyl groups is 1. The molecule has 3 aromatic rings. The van der Waals surface area contributed by atoms with Crippen LogP contribution in [0.2, 0.25) is 0 Å². The van der Waals surface area contributed by atoms with E-state index >= 15 is 0 Å². The Morgan fingerprint density at radius 1 is 0.696 bits per heavy atom. The maximum atomic E-state index is 12.0. The van der Waals surface area contributed by atoms with E-state index in [0.29, 0.717) is 11.4 Å². The standard InChI is InChI=1S/C18H14N2O3/c21-16-7-3-6-14(11-16)19-17(22)18(23)20-15-9-8-12-4-1-2-5-13(12)10-15/h1-11,21H,(H,19,22)(H,20,23). The van der Waals surface area contributed by atoms with Crippen LogP contribution < -0.4 is 10.6 Å². The van der Waals surface area contributed by atoms with Gasteiger partial charge in [-0.2, -0.15) is 0 Å². The van der Waals surface area contributed by atoms with E-state index < -0.39 is 11.8 Å². The minimum atomic E-state index is -0.802. The predicted molar refractivity (Wildman–Crippen MR) is 89.3 cm³/mol. The average molecular weight is 306 g/mol. The fraction of sp³-hybridized carbons (Fsp3) is 0. The van der Waals surface area contributed by atoms with E-state index in [-0.39, 0.29) is 5.75 Å². The van der Waals surface area contributed by atoms with Crippen molar-refractivity contribution >= 4 is 34.0 Å². The van der Waals surface area contributed by atoms with Crippen LogP contribution in [0.25, 0.3) is 10.8 Å². The molecule has 5 nitrogen and oxygen atoms in total. The summed E-state index contributed by atoms with van der Waals surface area (Å²) in [5.41, 5.74) is 0.892. The molecule has 0 radical (unpaired) electrons. The molecule has 0 aliphatic rings. The summed E-state index contributed by atoms with van der Waals surface area (Å²) in [6.07, 6.45) is 0. The van der Waals surface area contributed by atoms with E-state index in [1.807, 2.05) is 30.3 Å².